The third-order valence-electron chi connectivity index (χ3n) is 3.91. The first kappa shape index (κ1) is 19.3. The number of thioether (sulfide) groups is 1. The van der Waals surface area contributed by atoms with E-state index in [1.807, 2.05) is 51.1 Å². The van der Waals surface area contributed by atoms with Crippen molar-refractivity contribution >= 4 is 11.8 Å². The molecule has 27 heavy (non-hydrogen) atoms. The number of hydrogen-bond donors (Lipinski definition) is 0. The first-order valence-electron chi connectivity index (χ1n) is 8.61. The van der Waals surface area contributed by atoms with E-state index < -0.39 is 11.6 Å². The summed E-state index contributed by atoms with van der Waals surface area (Å²) in [6.07, 6.45) is 0. The van der Waals surface area contributed by atoms with Crippen LogP contribution in [0.5, 0.6) is 11.6 Å². The molecule has 6 heteroatoms. The van der Waals surface area contributed by atoms with Crippen LogP contribution in [0.25, 0.3) is 0 Å². The van der Waals surface area contributed by atoms with Gasteiger partial charge < -0.3 is 4.74 Å². The molecule has 3 rings (SSSR count). The quantitative estimate of drug-likeness (QED) is 0.369. The van der Waals surface area contributed by atoms with Crippen molar-refractivity contribution in [3.05, 3.63) is 77.0 Å². The van der Waals surface area contributed by atoms with Crippen molar-refractivity contribution in [1.82, 2.24) is 9.97 Å². The molecule has 0 aliphatic heterocycles. The van der Waals surface area contributed by atoms with Crippen LogP contribution in [0.15, 0.2) is 53.7 Å². The van der Waals surface area contributed by atoms with Crippen molar-refractivity contribution in [3.63, 3.8) is 0 Å². The van der Waals surface area contributed by atoms with E-state index in [0.29, 0.717) is 28.1 Å². The topological polar surface area (TPSA) is 35.0 Å². The Labute approximate surface area is 161 Å². The van der Waals surface area contributed by atoms with Crippen LogP contribution in [0.3, 0.4) is 0 Å². The average molecular weight is 386 g/mol. The Kier molecular flexibility index (Phi) is 6.06. The molecule has 1 heterocycles. The van der Waals surface area contributed by atoms with Gasteiger partial charge in [0.05, 0.1) is 5.69 Å². The molecule has 1 aromatic heterocycles. The number of ether oxygens (including phenoxy) is 1. The minimum absolute atomic E-state index is 0.190. The van der Waals surface area contributed by atoms with Gasteiger partial charge in [-0.05, 0) is 36.6 Å². The van der Waals surface area contributed by atoms with Gasteiger partial charge >= 0.3 is 0 Å². The standard InChI is InChI=1S/C21H20F2N2OS/c1-13(2)19-11-20(26-17-8-4-14(3)5-9-17)25-21(24-19)27-12-15-6-7-16(22)10-18(15)23/h4-11,13H,12H2,1-3H3. The van der Waals surface area contributed by atoms with Gasteiger partial charge in [0.1, 0.15) is 17.4 Å². The van der Waals surface area contributed by atoms with Crippen molar-refractivity contribution in [2.45, 2.75) is 37.6 Å². The van der Waals surface area contributed by atoms with Crippen molar-refractivity contribution in [3.8, 4) is 11.6 Å². The first-order chi connectivity index (χ1) is 12.9. The lowest BCUT2D eigenvalue weighted by Gasteiger charge is -2.11. The minimum atomic E-state index is -0.590. The zero-order valence-corrected chi connectivity index (χ0v) is 16.2. The molecule has 140 valence electrons. The Bertz CT molecular complexity index is 930. The average Bonchev–Trinajstić information content (AvgIpc) is 2.63. The predicted molar refractivity (Wildman–Crippen MR) is 103 cm³/mol. The summed E-state index contributed by atoms with van der Waals surface area (Å²) in [7, 11) is 0. The van der Waals surface area contributed by atoms with Crippen molar-refractivity contribution in [2.24, 2.45) is 0 Å². The van der Waals surface area contributed by atoms with Crippen LogP contribution >= 0.6 is 11.8 Å². The van der Waals surface area contributed by atoms with Gasteiger partial charge in [0.15, 0.2) is 5.16 Å². The van der Waals surface area contributed by atoms with E-state index in [1.54, 1.807) is 0 Å². The van der Waals surface area contributed by atoms with Crippen molar-refractivity contribution < 1.29 is 13.5 Å². The fraction of sp³-hybridized carbons (Fsp3) is 0.238. The maximum Gasteiger partial charge on any atom is 0.223 e. The zero-order valence-electron chi connectivity index (χ0n) is 15.4. The smallest absolute Gasteiger partial charge is 0.223 e. The lowest BCUT2D eigenvalue weighted by atomic mass is 10.1. The van der Waals surface area contributed by atoms with E-state index in [4.69, 9.17) is 4.74 Å². The summed E-state index contributed by atoms with van der Waals surface area (Å²) in [5.41, 5.74) is 2.39. The first-order valence-corrected chi connectivity index (χ1v) is 9.59. The van der Waals surface area contributed by atoms with Crippen LogP contribution in [0.1, 0.15) is 36.6 Å². The third kappa shape index (κ3) is 5.26. The summed E-state index contributed by atoms with van der Waals surface area (Å²) >= 11 is 1.29. The van der Waals surface area contributed by atoms with Crippen LogP contribution < -0.4 is 4.74 Å². The highest BCUT2D eigenvalue weighted by Gasteiger charge is 2.12. The Morgan fingerprint density at radius 3 is 2.41 bits per heavy atom. The van der Waals surface area contributed by atoms with Gasteiger partial charge in [0, 0.05) is 17.9 Å². The molecule has 0 radical (unpaired) electrons. The van der Waals surface area contributed by atoms with E-state index in [9.17, 15) is 8.78 Å². The maximum absolute atomic E-state index is 13.8. The Morgan fingerprint density at radius 1 is 1.00 bits per heavy atom. The monoisotopic (exact) mass is 386 g/mol. The number of halogens is 2. The highest BCUT2D eigenvalue weighted by atomic mass is 32.2. The summed E-state index contributed by atoms with van der Waals surface area (Å²) in [6.45, 7) is 6.08. The van der Waals surface area contributed by atoms with E-state index in [1.165, 1.54) is 23.9 Å². The SMILES string of the molecule is Cc1ccc(Oc2cc(C(C)C)nc(SCc3ccc(F)cc3F)n2)cc1. The molecule has 0 unspecified atom stereocenters. The summed E-state index contributed by atoms with van der Waals surface area (Å²) in [4.78, 5) is 8.96. The van der Waals surface area contributed by atoms with Crippen molar-refractivity contribution in [1.29, 1.82) is 0 Å². The minimum Gasteiger partial charge on any atom is -0.439 e. The lowest BCUT2D eigenvalue weighted by molar-refractivity contribution is 0.452. The highest BCUT2D eigenvalue weighted by molar-refractivity contribution is 7.98. The van der Waals surface area contributed by atoms with Gasteiger partial charge in [-0.2, -0.15) is 4.98 Å². The van der Waals surface area contributed by atoms with Gasteiger partial charge in [-0.1, -0.05) is 49.4 Å². The predicted octanol–water partition coefficient (Wildman–Crippen LogP) is 6.27. The largest absolute Gasteiger partial charge is 0.439 e. The van der Waals surface area contributed by atoms with E-state index in [2.05, 4.69) is 9.97 Å². The number of nitrogens with zero attached hydrogens (tertiary/aromatic N) is 2. The van der Waals surface area contributed by atoms with Gasteiger partial charge in [0.25, 0.3) is 0 Å². The number of aryl methyl sites for hydroxylation is 1. The molecule has 0 amide bonds. The van der Waals surface area contributed by atoms with E-state index >= 15 is 0 Å². The molecule has 0 aliphatic rings. The summed E-state index contributed by atoms with van der Waals surface area (Å²) in [5, 5.41) is 0.493. The van der Waals surface area contributed by atoms with Gasteiger partial charge in [-0.3, -0.25) is 0 Å². The molecular formula is C21H20F2N2OS. The Hall–Kier alpha value is -2.47. The van der Waals surface area contributed by atoms with Crippen LogP contribution in [-0.2, 0) is 5.75 Å². The highest BCUT2D eigenvalue weighted by Crippen LogP contribution is 2.28. The molecule has 0 saturated carbocycles. The third-order valence-corrected chi connectivity index (χ3v) is 4.80. The fourth-order valence-electron chi connectivity index (χ4n) is 2.34. The normalized spacial score (nSPS) is 11.0. The second-order valence-corrected chi connectivity index (χ2v) is 7.45. The number of hydrogen-bond acceptors (Lipinski definition) is 4. The van der Waals surface area contributed by atoms with Gasteiger partial charge in [-0.15, -0.1) is 0 Å². The Balaban J connectivity index is 1.81. The maximum atomic E-state index is 13.8. The van der Waals surface area contributed by atoms with E-state index in [0.717, 1.165) is 17.3 Å². The van der Waals surface area contributed by atoms with Crippen LogP contribution in [0, 0.1) is 18.6 Å². The van der Waals surface area contributed by atoms with Crippen LogP contribution in [0.2, 0.25) is 0 Å². The number of aromatic nitrogens is 2. The van der Waals surface area contributed by atoms with Gasteiger partial charge in [0.2, 0.25) is 5.88 Å². The molecular weight excluding hydrogens is 366 g/mol. The van der Waals surface area contributed by atoms with Crippen LogP contribution in [0.4, 0.5) is 8.78 Å². The fourth-order valence-corrected chi connectivity index (χ4v) is 3.18. The molecule has 0 saturated heterocycles. The zero-order chi connectivity index (χ0) is 19.4. The molecule has 3 nitrogen and oxygen atoms in total. The molecule has 0 fully saturated rings. The molecule has 2 aromatic carbocycles. The second-order valence-electron chi connectivity index (χ2n) is 6.51. The number of benzene rings is 2. The number of rotatable bonds is 6. The molecule has 3 aromatic rings. The molecule has 0 aliphatic carbocycles. The second kappa shape index (κ2) is 8.48. The Morgan fingerprint density at radius 2 is 1.74 bits per heavy atom. The van der Waals surface area contributed by atoms with Crippen molar-refractivity contribution in [2.75, 3.05) is 0 Å². The van der Waals surface area contributed by atoms with Gasteiger partial charge in [-0.25, -0.2) is 13.8 Å². The molecule has 0 bridgehead atoms. The molecule has 0 N–H and O–H groups in total. The summed E-state index contributed by atoms with van der Waals surface area (Å²) < 4.78 is 32.8. The molecule has 0 spiro atoms. The van der Waals surface area contributed by atoms with E-state index in [-0.39, 0.29) is 5.92 Å². The lowest BCUT2D eigenvalue weighted by Crippen LogP contribution is -2.00. The van der Waals surface area contributed by atoms with Crippen LogP contribution in [-0.4, -0.2) is 9.97 Å². The molecule has 0 atom stereocenters. The summed E-state index contributed by atoms with van der Waals surface area (Å²) in [5.74, 6) is 0.466. The summed E-state index contributed by atoms with van der Waals surface area (Å²) in [6, 6.07) is 13.1.